The van der Waals surface area contributed by atoms with Gasteiger partial charge in [-0.15, -0.1) is 0 Å². The molecule has 0 bridgehead atoms. The summed E-state index contributed by atoms with van der Waals surface area (Å²) in [5.74, 6) is 0.911. The van der Waals surface area contributed by atoms with Crippen LogP contribution in [0.5, 0.6) is 5.75 Å². The third-order valence-electron chi connectivity index (χ3n) is 3.92. The molecule has 1 N–H and O–H groups in total. The van der Waals surface area contributed by atoms with Crippen molar-refractivity contribution in [2.24, 2.45) is 0 Å². The third-order valence-corrected chi connectivity index (χ3v) is 4.97. The van der Waals surface area contributed by atoms with Gasteiger partial charge in [-0.2, -0.15) is 0 Å². The van der Waals surface area contributed by atoms with Gasteiger partial charge in [-0.05, 0) is 64.5 Å². The van der Waals surface area contributed by atoms with Crippen LogP contribution in [0.1, 0.15) is 37.3 Å². The van der Waals surface area contributed by atoms with E-state index >= 15 is 0 Å². The Morgan fingerprint density at radius 3 is 2.62 bits per heavy atom. The van der Waals surface area contributed by atoms with E-state index in [1.54, 1.807) is 0 Å². The molecule has 0 saturated carbocycles. The Hall–Kier alpha value is -1.33. The monoisotopic (exact) mass is 453 g/mol. The first-order chi connectivity index (χ1) is 11.4. The quantitative estimate of drug-likeness (QED) is 0.576. The number of halogens is 2. The van der Waals surface area contributed by atoms with Crippen LogP contribution in [0.25, 0.3) is 0 Å². The molecule has 0 radical (unpaired) electrons. The van der Waals surface area contributed by atoms with Crippen LogP contribution in [0.4, 0.5) is 5.69 Å². The Labute approximate surface area is 160 Å². The van der Waals surface area contributed by atoms with Gasteiger partial charge in [0.15, 0.2) is 6.61 Å². The van der Waals surface area contributed by atoms with Gasteiger partial charge in [0.2, 0.25) is 0 Å². The molecule has 24 heavy (non-hydrogen) atoms. The molecule has 5 heteroatoms. The highest BCUT2D eigenvalue weighted by atomic mass is 79.9. The van der Waals surface area contributed by atoms with E-state index in [0.717, 1.165) is 32.2 Å². The van der Waals surface area contributed by atoms with Crippen LogP contribution in [0.2, 0.25) is 0 Å². The molecule has 0 fully saturated rings. The van der Waals surface area contributed by atoms with Crippen molar-refractivity contribution in [3.63, 3.8) is 0 Å². The number of amides is 1. The van der Waals surface area contributed by atoms with Gasteiger partial charge < -0.3 is 10.1 Å². The molecule has 0 heterocycles. The lowest BCUT2D eigenvalue weighted by Crippen LogP contribution is -2.21. The summed E-state index contributed by atoms with van der Waals surface area (Å²) in [5.41, 5.74) is 2.96. The van der Waals surface area contributed by atoms with E-state index in [1.807, 2.05) is 37.3 Å². The first kappa shape index (κ1) is 19.0. The largest absolute Gasteiger partial charge is 0.482 e. The summed E-state index contributed by atoms with van der Waals surface area (Å²) in [6, 6.07) is 11.8. The second kappa shape index (κ2) is 8.67. The summed E-state index contributed by atoms with van der Waals surface area (Å²) >= 11 is 6.90. The number of para-hydroxylation sites is 1. The van der Waals surface area contributed by atoms with Gasteiger partial charge in [0, 0.05) is 10.2 Å². The minimum Gasteiger partial charge on any atom is -0.482 e. The van der Waals surface area contributed by atoms with Crippen molar-refractivity contribution in [1.29, 1.82) is 0 Å². The SMILES string of the molecule is CCC(C)c1ccccc1NC(=O)COc1c(C)cc(Br)cc1Br. The summed E-state index contributed by atoms with van der Waals surface area (Å²) in [7, 11) is 0. The summed E-state index contributed by atoms with van der Waals surface area (Å²) < 4.78 is 7.49. The Morgan fingerprint density at radius 1 is 1.25 bits per heavy atom. The molecule has 0 saturated heterocycles. The molecule has 128 valence electrons. The second-order valence-corrected chi connectivity index (χ2v) is 7.54. The molecule has 0 aromatic heterocycles. The lowest BCUT2D eigenvalue weighted by Gasteiger charge is -2.16. The Bertz CT molecular complexity index is 708. The van der Waals surface area contributed by atoms with E-state index in [2.05, 4.69) is 57.1 Å². The lowest BCUT2D eigenvalue weighted by atomic mass is 9.97. The van der Waals surface area contributed by atoms with E-state index < -0.39 is 0 Å². The predicted octanol–water partition coefficient (Wildman–Crippen LogP) is 6.05. The number of carbonyl (C=O) groups is 1. The van der Waals surface area contributed by atoms with Crippen molar-refractivity contribution < 1.29 is 9.53 Å². The first-order valence-corrected chi connectivity index (χ1v) is 9.48. The molecule has 1 unspecified atom stereocenters. The fourth-order valence-electron chi connectivity index (χ4n) is 2.46. The number of nitrogens with one attached hydrogen (secondary N) is 1. The summed E-state index contributed by atoms with van der Waals surface area (Å²) in [4.78, 5) is 12.3. The molecule has 0 aliphatic heterocycles. The van der Waals surface area contributed by atoms with E-state index in [9.17, 15) is 4.79 Å². The molecule has 0 spiro atoms. The minimum atomic E-state index is -0.167. The molecule has 3 nitrogen and oxygen atoms in total. The van der Waals surface area contributed by atoms with Crippen LogP contribution in [0.3, 0.4) is 0 Å². The summed E-state index contributed by atoms with van der Waals surface area (Å²) in [6.07, 6.45) is 1.02. The average Bonchev–Trinajstić information content (AvgIpc) is 2.53. The van der Waals surface area contributed by atoms with Crippen molar-refractivity contribution in [1.82, 2.24) is 0 Å². The van der Waals surface area contributed by atoms with Crippen molar-refractivity contribution in [2.75, 3.05) is 11.9 Å². The topological polar surface area (TPSA) is 38.3 Å². The number of rotatable bonds is 6. The van der Waals surface area contributed by atoms with Crippen molar-refractivity contribution in [3.8, 4) is 5.75 Å². The van der Waals surface area contributed by atoms with Gasteiger partial charge in [-0.3, -0.25) is 4.79 Å². The van der Waals surface area contributed by atoms with Crippen LogP contribution in [0.15, 0.2) is 45.3 Å². The molecule has 2 aromatic carbocycles. The second-order valence-electron chi connectivity index (χ2n) is 5.77. The molecule has 0 aliphatic carbocycles. The molecule has 2 rings (SSSR count). The summed E-state index contributed by atoms with van der Waals surface area (Å²) in [6.45, 7) is 6.21. The number of carbonyl (C=O) groups excluding carboxylic acids is 1. The zero-order valence-corrected chi connectivity index (χ0v) is 17.2. The van der Waals surface area contributed by atoms with E-state index in [4.69, 9.17) is 4.74 Å². The maximum absolute atomic E-state index is 12.3. The normalized spacial score (nSPS) is 11.9. The highest BCUT2D eigenvalue weighted by Crippen LogP contribution is 2.32. The van der Waals surface area contributed by atoms with E-state index in [-0.39, 0.29) is 12.5 Å². The van der Waals surface area contributed by atoms with Crippen LogP contribution in [0, 0.1) is 6.92 Å². The molecule has 1 atom stereocenters. The molecular weight excluding hydrogens is 434 g/mol. The van der Waals surface area contributed by atoms with Gasteiger partial charge in [-0.1, -0.05) is 48.0 Å². The number of aryl methyl sites for hydroxylation is 1. The maximum atomic E-state index is 12.3. The van der Waals surface area contributed by atoms with Gasteiger partial charge in [-0.25, -0.2) is 0 Å². The highest BCUT2D eigenvalue weighted by Gasteiger charge is 2.13. The number of ether oxygens (including phenoxy) is 1. The van der Waals surface area contributed by atoms with Gasteiger partial charge >= 0.3 is 0 Å². The van der Waals surface area contributed by atoms with Crippen LogP contribution < -0.4 is 10.1 Å². The third kappa shape index (κ3) is 4.84. The standard InChI is InChI=1S/C19H21Br2NO2/c1-4-12(2)15-7-5-6-8-17(15)22-18(23)11-24-19-13(3)9-14(20)10-16(19)21/h5-10,12H,4,11H2,1-3H3,(H,22,23). The van der Waals surface area contributed by atoms with E-state index in [0.29, 0.717) is 11.7 Å². The zero-order chi connectivity index (χ0) is 17.7. The number of anilines is 1. The highest BCUT2D eigenvalue weighted by molar-refractivity contribution is 9.11. The zero-order valence-electron chi connectivity index (χ0n) is 14.0. The minimum absolute atomic E-state index is 0.0318. The van der Waals surface area contributed by atoms with Crippen molar-refractivity contribution in [3.05, 3.63) is 56.5 Å². The molecular formula is C19H21Br2NO2. The van der Waals surface area contributed by atoms with Crippen molar-refractivity contribution in [2.45, 2.75) is 33.1 Å². The molecule has 1 amide bonds. The lowest BCUT2D eigenvalue weighted by molar-refractivity contribution is -0.118. The first-order valence-electron chi connectivity index (χ1n) is 7.89. The molecule has 0 aliphatic rings. The van der Waals surface area contributed by atoms with Crippen LogP contribution in [-0.4, -0.2) is 12.5 Å². The molecule has 2 aromatic rings. The number of hydrogen-bond donors (Lipinski definition) is 1. The number of benzene rings is 2. The fraction of sp³-hybridized carbons (Fsp3) is 0.316. The summed E-state index contributed by atoms with van der Waals surface area (Å²) in [5, 5.41) is 2.96. The van der Waals surface area contributed by atoms with Gasteiger partial charge in [0.1, 0.15) is 5.75 Å². The van der Waals surface area contributed by atoms with E-state index in [1.165, 1.54) is 0 Å². The Balaban J connectivity index is 2.05. The van der Waals surface area contributed by atoms with Gasteiger partial charge in [0.25, 0.3) is 5.91 Å². The number of hydrogen-bond acceptors (Lipinski definition) is 2. The Kier molecular flexibility index (Phi) is 6.87. The van der Waals surface area contributed by atoms with Crippen LogP contribution in [-0.2, 0) is 4.79 Å². The van der Waals surface area contributed by atoms with Crippen LogP contribution >= 0.6 is 31.9 Å². The Morgan fingerprint density at radius 2 is 1.96 bits per heavy atom. The smallest absolute Gasteiger partial charge is 0.262 e. The van der Waals surface area contributed by atoms with Crippen molar-refractivity contribution >= 4 is 43.5 Å². The fourth-order valence-corrected chi connectivity index (χ4v) is 4.01. The maximum Gasteiger partial charge on any atom is 0.262 e. The van der Waals surface area contributed by atoms with Gasteiger partial charge in [0.05, 0.1) is 4.47 Å². The average molecular weight is 455 g/mol. The predicted molar refractivity (Wildman–Crippen MR) is 106 cm³/mol.